The van der Waals surface area contributed by atoms with Gasteiger partial charge in [-0.2, -0.15) is 0 Å². The first kappa shape index (κ1) is 13.4. The summed E-state index contributed by atoms with van der Waals surface area (Å²) in [6.45, 7) is 3.95. The molecule has 1 aromatic rings. The van der Waals surface area contributed by atoms with Crippen LogP contribution < -0.4 is 0 Å². The van der Waals surface area contributed by atoms with Crippen LogP contribution >= 0.6 is 0 Å². The molecule has 0 bridgehead atoms. The fourth-order valence-electron chi connectivity index (χ4n) is 3.03. The summed E-state index contributed by atoms with van der Waals surface area (Å²) in [6.07, 6.45) is 9.89. The predicted octanol–water partition coefficient (Wildman–Crippen LogP) is 4.42. The van der Waals surface area contributed by atoms with Crippen molar-refractivity contribution in [3.05, 3.63) is 48.0 Å². The maximum atomic E-state index is 9.05. The van der Waals surface area contributed by atoms with Crippen LogP contribution in [0.25, 0.3) is 0 Å². The Labute approximate surface area is 111 Å². The van der Waals surface area contributed by atoms with Crippen LogP contribution in [-0.2, 0) is 6.61 Å². The number of allylic oxidation sites excluding steroid dienone is 1. The minimum atomic E-state index is 0.147. The van der Waals surface area contributed by atoms with Crippen molar-refractivity contribution in [2.75, 3.05) is 0 Å². The van der Waals surface area contributed by atoms with E-state index in [-0.39, 0.29) is 6.61 Å². The minimum Gasteiger partial charge on any atom is -0.392 e. The summed E-state index contributed by atoms with van der Waals surface area (Å²) < 4.78 is 0. The van der Waals surface area contributed by atoms with Crippen molar-refractivity contribution in [3.8, 4) is 0 Å². The smallest absolute Gasteiger partial charge is 0.0681 e. The van der Waals surface area contributed by atoms with Crippen molar-refractivity contribution in [1.82, 2.24) is 0 Å². The largest absolute Gasteiger partial charge is 0.392 e. The Hall–Kier alpha value is -1.08. The van der Waals surface area contributed by atoms with E-state index in [1.54, 1.807) is 0 Å². The molecule has 0 amide bonds. The molecular formula is C17H24O. The third-order valence-corrected chi connectivity index (χ3v) is 4.26. The second-order valence-electron chi connectivity index (χ2n) is 5.48. The average Bonchev–Trinajstić information content (AvgIpc) is 2.46. The molecule has 0 unspecified atom stereocenters. The van der Waals surface area contributed by atoms with Gasteiger partial charge in [-0.25, -0.2) is 0 Å². The summed E-state index contributed by atoms with van der Waals surface area (Å²) in [7, 11) is 0. The molecule has 0 aromatic heterocycles. The lowest BCUT2D eigenvalue weighted by atomic mass is 9.77. The average molecular weight is 244 g/mol. The van der Waals surface area contributed by atoms with Crippen LogP contribution in [0.5, 0.6) is 0 Å². The zero-order valence-electron chi connectivity index (χ0n) is 11.1. The highest BCUT2D eigenvalue weighted by atomic mass is 16.3. The van der Waals surface area contributed by atoms with E-state index in [1.807, 2.05) is 6.08 Å². The van der Waals surface area contributed by atoms with E-state index in [1.165, 1.54) is 44.1 Å². The van der Waals surface area contributed by atoms with Gasteiger partial charge in [0.2, 0.25) is 0 Å². The second-order valence-corrected chi connectivity index (χ2v) is 5.48. The lowest BCUT2D eigenvalue weighted by Crippen LogP contribution is -2.13. The summed E-state index contributed by atoms with van der Waals surface area (Å²) >= 11 is 0. The first-order valence-corrected chi connectivity index (χ1v) is 7.14. The molecule has 0 heterocycles. The molecule has 98 valence electrons. The number of hydrogen-bond donors (Lipinski definition) is 1. The lowest BCUT2D eigenvalue weighted by molar-refractivity contribution is 0.281. The Balaban J connectivity index is 1.86. The molecule has 0 saturated heterocycles. The topological polar surface area (TPSA) is 20.2 Å². The van der Waals surface area contributed by atoms with E-state index in [0.29, 0.717) is 0 Å². The Bertz CT molecular complexity index is 358. The molecule has 2 rings (SSSR count). The molecule has 18 heavy (non-hydrogen) atoms. The predicted molar refractivity (Wildman–Crippen MR) is 76.5 cm³/mol. The Morgan fingerprint density at radius 1 is 1.11 bits per heavy atom. The molecule has 1 heteroatoms. The standard InChI is InChI=1S/C17H24O/c1-2-3-4-14-5-9-16(10-6-14)17-11-7-15(13-18)8-12-17/h2,7-8,11-12,14,16,18H,1,3-6,9-10,13H2. The Kier molecular flexibility index (Phi) is 5.00. The van der Waals surface area contributed by atoms with Gasteiger partial charge in [0.1, 0.15) is 0 Å². The van der Waals surface area contributed by atoms with Gasteiger partial charge in [-0.1, -0.05) is 30.3 Å². The molecule has 0 radical (unpaired) electrons. The maximum Gasteiger partial charge on any atom is 0.0681 e. The Morgan fingerprint density at radius 3 is 2.33 bits per heavy atom. The molecule has 1 aliphatic rings. The molecule has 1 fully saturated rings. The number of aliphatic hydroxyl groups excluding tert-OH is 1. The van der Waals surface area contributed by atoms with Gasteiger partial charge < -0.3 is 5.11 Å². The van der Waals surface area contributed by atoms with E-state index in [4.69, 9.17) is 5.11 Å². The van der Waals surface area contributed by atoms with Crippen molar-refractivity contribution >= 4 is 0 Å². The van der Waals surface area contributed by atoms with Crippen molar-refractivity contribution in [1.29, 1.82) is 0 Å². The van der Waals surface area contributed by atoms with Crippen molar-refractivity contribution in [3.63, 3.8) is 0 Å². The fraction of sp³-hybridized carbons (Fsp3) is 0.529. The summed E-state index contributed by atoms with van der Waals surface area (Å²) in [5, 5.41) is 9.05. The zero-order chi connectivity index (χ0) is 12.8. The quantitative estimate of drug-likeness (QED) is 0.760. The van der Waals surface area contributed by atoms with Crippen molar-refractivity contribution in [2.45, 2.75) is 51.0 Å². The Morgan fingerprint density at radius 2 is 1.78 bits per heavy atom. The highest BCUT2D eigenvalue weighted by Gasteiger charge is 2.21. The van der Waals surface area contributed by atoms with Gasteiger partial charge in [-0.05, 0) is 61.5 Å². The van der Waals surface area contributed by atoms with Crippen LogP contribution in [0.3, 0.4) is 0 Å². The summed E-state index contributed by atoms with van der Waals surface area (Å²) in [4.78, 5) is 0. The molecular weight excluding hydrogens is 220 g/mol. The lowest BCUT2D eigenvalue weighted by Gasteiger charge is -2.28. The van der Waals surface area contributed by atoms with Gasteiger partial charge in [-0.15, -0.1) is 6.58 Å². The molecule has 0 atom stereocenters. The van der Waals surface area contributed by atoms with E-state index in [9.17, 15) is 0 Å². The van der Waals surface area contributed by atoms with Gasteiger partial charge in [0, 0.05) is 0 Å². The van der Waals surface area contributed by atoms with Crippen LogP contribution in [0.15, 0.2) is 36.9 Å². The van der Waals surface area contributed by atoms with Gasteiger partial charge in [0.05, 0.1) is 6.61 Å². The van der Waals surface area contributed by atoms with Crippen LogP contribution in [0, 0.1) is 5.92 Å². The van der Waals surface area contributed by atoms with Crippen LogP contribution in [0.2, 0.25) is 0 Å². The molecule has 0 aliphatic heterocycles. The highest BCUT2D eigenvalue weighted by molar-refractivity contribution is 5.25. The molecule has 1 nitrogen and oxygen atoms in total. The fourth-order valence-corrected chi connectivity index (χ4v) is 3.03. The van der Waals surface area contributed by atoms with Crippen LogP contribution in [-0.4, -0.2) is 5.11 Å². The number of benzene rings is 1. The highest BCUT2D eigenvalue weighted by Crippen LogP contribution is 2.37. The normalized spacial score (nSPS) is 23.8. The third kappa shape index (κ3) is 3.46. The molecule has 1 saturated carbocycles. The third-order valence-electron chi connectivity index (χ3n) is 4.26. The van der Waals surface area contributed by atoms with Gasteiger partial charge >= 0.3 is 0 Å². The molecule has 1 aromatic carbocycles. The maximum absolute atomic E-state index is 9.05. The molecule has 1 aliphatic carbocycles. The van der Waals surface area contributed by atoms with E-state index >= 15 is 0 Å². The van der Waals surface area contributed by atoms with Gasteiger partial charge in [-0.3, -0.25) is 0 Å². The minimum absolute atomic E-state index is 0.147. The number of rotatable bonds is 5. The summed E-state index contributed by atoms with van der Waals surface area (Å²) in [6, 6.07) is 8.50. The van der Waals surface area contributed by atoms with E-state index < -0.39 is 0 Å². The molecule has 1 N–H and O–H groups in total. The van der Waals surface area contributed by atoms with Gasteiger partial charge in [0.25, 0.3) is 0 Å². The van der Waals surface area contributed by atoms with Crippen molar-refractivity contribution in [2.24, 2.45) is 5.92 Å². The van der Waals surface area contributed by atoms with Crippen LogP contribution in [0.4, 0.5) is 0 Å². The number of aliphatic hydroxyl groups is 1. The second kappa shape index (κ2) is 6.75. The van der Waals surface area contributed by atoms with Crippen molar-refractivity contribution < 1.29 is 5.11 Å². The summed E-state index contributed by atoms with van der Waals surface area (Å²) in [5.41, 5.74) is 2.47. The SMILES string of the molecule is C=CCCC1CCC(c2ccc(CO)cc2)CC1. The van der Waals surface area contributed by atoms with E-state index in [0.717, 1.165) is 17.4 Å². The summed E-state index contributed by atoms with van der Waals surface area (Å²) in [5.74, 6) is 1.65. The van der Waals surface area contributed by atoms with E-state index in [2.05, 4.69) is 30.8 Å². The van der Waals surface area contributed by atoms with Crippen LogP contribution in [0.1, 0.15) is 55.6 Å². The van der Waals surface area contributed by atoms with Gasteiger partial charge in [0.15, 0.2) is 0 Å². The monoisotopic (exact) mass is 244 g/mol. The first-order valence-electron chi connectivity index (χ1n) is 7.14. The first-order chi connectivity index (χ1) is 8.83. The number of hydrogen-bond acceptors (Lipinski definition) is 1. The molecule has 0 spiro atoms. The zero-order valence-corrected chi connectivity index (χ0v) is 11.1.